The zero-order valence-electron chi connectivity index (χ0n) is 10.6. The molecule has 2 heteroatoms. The van der Waals surface area contributed by atoms with Crippen LogP contribution in [0.1, 0.15) is 36.6 Å². The van der Waals surface area contributed by atoms with Crippen molar-refractivity contribution in [1.82, 2.24) is 5.32 Å². The molecule has 0 aromatic heterocycles. The van der Waals surface area contributed by atoms with Gasteiger partial charge in [0, 0.05) is 12.6 Å². The van der Waals surface area contributed by atoms with Gasteiger partial charge in [-0.3, -0.25) is 0 Å². The highest BCUT2D eigenvalue weighted by Crippen LogP contribution is 2.28. The van der Waals surface area contributed by atoms with Crippen molar-refractivity contribution in [1.29, 1.82) is 0 Å². The van der Waals surface area contributed by atoms with Crippen molar-refractivity contribution in [3.05, 3.63) is 34.9 Å². The number of ether oxygens (including phenoxy) is 1. The maximum Gasteiger partial charge on any atom is 0.0958 e. The van der Waals surface area contributed by atoms with Crippen LogP contribution in [-0.2, 0) is 4.74 Å². The minimum absolute atomic E-state index is 0.201. The second kappa shape index (κ2) is 4.56. The van der Waals surface area contributed by atoms with Crippen LogP contribution in [0.4, 0.5) is 0 Å². The molecule has 0 spiro atoms. The average molecular weight is 219 g/mol. The Balaban J connectivity index is 2.25. The van der Waals surface area contributed by atoms with Crippen LogP contribution in [-0.4, -0.2) is 18.7 Å². The van der Waals surface area contributed by atoms with Gasteiger partial charge in [-0.25, -0.2) is 0 Å². The van der Waals surface area contributed by atoms with E-state index in [-0.39, 0.29) is 12.2 Å². The van der Waals surface area contributed by atoms with E-state index in [1.807, 2.05) is 0 Å². The largest absolute Gasteiger partial charge is 0.368 e. The highest BCUT2D eigenvalue weighted by Gasteiger charge is 2.27. The lowest BCUT2D eigenvalue weighted by Crippen LogP contribution is -2.46. The molecule has 1 aromatic carbocycles. The monoisotopic (exact) mass is 219 g/mol. The van der Waals surface area contributed by atoms with Crippen molar-refractivity contribution < 1.29 is 4.74 Å². The Morgan fingerprint density at radius 3 is 2.38 bits per heavy atom. The maximum atomic E-state index is 6.08. The molecule has 0 saturated carbocycles. The van der Waals surface area contributed by atoms with Crippen molar-refractivity contribution in [3.8, 4) is 0 Å². The third-order valence-electron chi connectivity index (χ3n) is 3.57. The second-order valence-corrected chi connectivity index (χ2v) is 4.83. The molecule has 1 aliphatic rings. The van der Waals surface area contributed by atoms with Crippen LogP contribution in [0, 0.1) is 13.8 Å². The van der Waals surface area contributed by atoms with Gasteiger partial charge in [0.25, 0.3) is 0 Å². The van der Waals surface area contributed by atoms with Crippen LogP contribution in [0.5, 0.6) is 0 Å². The first kappa shape index (κ1) is 11.6. The number of aryl methyl sites for hydroxylation is 2. The third-order valence-corrected chi connectivity index (χ3v) is 3.57. The first-order valence-corrected chi connectivity index (χ1v) is 6.04. The molecular formula is C14H21NO. The summed E-state index contributed by atoms with van der Waals surface area (Å²) in [7, 11) is 0. The van der Waals surface area contributed by atoms with Gasteiger partial charge < -0.3 is 10.1 Å². The van der Waals surface area contributed by atoms with Gasteiger partial charge in [0.1, 0.15) is 0 Å². The molecule has 88 valence electrons. The molecule has 3 atom stereocenters. The van der Waals surface area contributed by atoms with Gasteiger partial charge in [0.05, 0.1) is 12.2 Å². The smallest absolute Gasteiger partial charge is 0.0958 e. The van der Waals surface area contributed by atoms with Crippen molar-refractivity contribution in [2.45, 2.75) is 45.9 Å². The van der Waals surface area contributed by atoms with E-state index in [1.165, 1.54) is 16.7 Å². The topological polar surface area (TPSA) is 21.3 Å². The number of nitrogens with one attached hydrogen (secondary N) is 1. The quantitative estimate of drug-likeness (QED) is 0.784. The lowest BCUT2D eigenvalue weighted by Gasteiger charge is -2.35. The zero-order valence-corrected chi connectivity index (χ0v) is 10.6. The summed E-state index contributed by atoms with van der Waals surface area (Å²) in [5.41, 5.74) is 4.01. The molecule has 0 aliphatic carbocycles. The fraction of sp³-hybridized carbons (Fsp3) is 0.571. The molecular weight excluding hydrogens is 198 g/mol. The summed E-state index contributed by atoms with van der Waals surface area (Å²) in [6.45, 7) is 9.54. The molecule has 1 N–H and O–H groups in total. The van der Waals surface area contributed by atoms with Crippen LogP contribution >= 0.6 is 0 Å². The molecule has 1 fully saturated rings. The molecule has 2 rings (SSSR count). The predicted molar refractivity (Wildman–Crippen MR) is 66.7 cm³/mol. The lowest BCUT2D eigenvalue weighted by molar-refractivity contribution is -0.0514. The fourth-order valence-corrected chi connectivity index (χ4v) is 2.39. The summed E-state index contributed by atoms with van der Waals surface area (Å²) < 4.78 is 6.08. The predicted octanol–water partition coefficient (Wildman–Crippen LogP) is 2.74. The number of rotatable bonds is 1. The van der Waals surface area contributed by atoms with Crippen LogP contribution in [0.25, 0.3) is 0 Å². The Hall–Kier alpha value is -0.860. The molecule has 16 heavy (non-hydrogen) atoms. The molecule has 1 aromatic rings. The SMILES string of the molecule is Cc1cccc(C)c1C1CNC(C)C(C)O1. The van der Waals surface area contributed by atoms with Gasteiger partial charge >= 0.3 is 0 Å². The summed E-state index contributed by atoms with van der Waals surface area (Å²) >= 11 is 0. The third kappa shape index (κ3) is 2.13. The van der Waals surface area contributed by atoms with Gasteiger partial charge in [-0.15, -0.1) is 0 Å². The van der Waals surface area contributed by atoms with E-state index in [1.54, 1.807) is 0 Å². The van der Waals surface area contributed by atoms with Crippen molar-refractivity contribution >= 4 is 0 Å². The van der Waals surface area contributed by atoms with E-state index in [2.05, 4.69) is 51.2 Å². The number of morpholine rings is 1. The number of hydrogen-bond acceptors (Lipinski definition) is 2. The van der Waals surface area contributed by atoms with Crippen molar-refractivity contribution in [2.24, 2.45) is 0 Å². The summed E-state index contributed by atoms with van der Waals surface area (Å²) in [4.78, 5) is 0. The Bertz CT molecular complexity index is 355. The zero-order chi connectivity index (χ0) is 11.7. The fourth-order valence-electron chi connectivity index (χ4n) is 2.39. The highest BCUT2D eigenvalue weighted by molar-refractivity contribution is 5.35. The van der Waals surface area contributed by atoms with Gasteiger partial charge in [-0.05, 0) is 44.4 Å². The normalized spacial score (nSPS) is 30.4. The summed E-state index contributed by atoms with van der Waals surface area (Å²) in [6.07, 6.45) is 0.477. The van der Waals surface area contributed by atoms with Gasteiger partial charge in [-0.2, -0.15) is 0 Å². The lowest BCUT2D eigenvalue weighted by atomic mass is 9.96. The van der Waals surface area contributed by atoms with E-state index in [4.69, 9.17) is 4.74 Å². The van der Waals surface area contributed by atoms with E-state index in [0.717, 1.165) is 6.54 Å². The molecule has 1 aliphatic heterocycles. The van der Waals surface area contributed by atoms with Gasteiger partial charge in [-0.1, -0.05) is 18.2 Å². The Kier molecular flexibility index (Phi) is 3.31. The Morgan fingerprint density at radius 1 is 1.19 bits per heavy atom. The van der Waals surface area contributed by atoms with E-state index in [0.29, 0.717) is 6.04 Å². The van der Waals surface area contributed by atoms with Crippen LogP contribution < -0.4 is 5.32 Å². The van der Waals surface area contributed by atoms with E-state index < -0.39 is 0 Å². The molecule has 1 saturated heterocycles. The minimum atomic E-state index is 0.201. The summed E-state index contributed by atoms with van der Waals surface area (Å²) in [5, 5.41) is 3.51. The Labute approximate surface area is 98.0 Å². The first-order chi connectivity index (χ1) is 7.59. The van der Waals surface area contributed by atoms with Crippen LogP contribution in [0.15, 0.2) is 18.2 Å². The Morgan fingerprint density at radius 2 is 1.81 bits per heavy atom. The average Bonchev–Trinajstić information content (AvgIpc) is 2.23. The van der Waals surface area contributed by atoms with Crippen LogP contribution in [0.2, 0.25) is 0 Å². The second-order valence-electron chi connectivity index (χ2n) is 4.83. The maximum absolute atomic E-state index is 6.08. The standard InChI is InChI=1S/C14H21NO/c1-9-6-5-7-10(2)14(9)13-8-15-11(3)12(4)16-13/h5-7,11-13,15H,8H2,1-4H3. The highest BCUT2D eigenvalue weighted by atomic mass is 16.5. The summed E-state index contributed by atoms with van der Waals surface area (Å²) in [6, 6.07) is 6.87. The molecule has 3 unspecified atom stereocenters. The van der Waals surface area contributed by atoms with Gasteiger partial charge in [0.15, 0.2) is 0 Å². The van der Waals surface area contributed by atoms with E-state index in [9.17, 15) is 0 Å². The first-order valence-electron chi connectivity index (χ1n) is 6.04. The molecule has 1 heterocycles. The van der Waals surface area contributed by atoms with Crippen molar-refractivity contribution in [2.75, 3.05) is 6.54 Å². The molecule has 0 radical (unpaired) electrons. The molecule has 2 nitrogen and oxygen atoms in total. The molecule has 0 bridgehead atoms. The van der Waals surface area contributed by atoms with E-state index >= 15 is 0 Å². The number of benzene rings is 1. The van der Waals surface area contributed by atoms with Crippen LogP contribution in [0.3, 0.4) is 0 Å². The summed E-state index contributed by atoms with van der Waals surface area (Å²) in [5.74, 6) is 0. The minimum Gasteiger partial charge on any atom is -0.368 e. The molecule has 0 amide bonds. The van der Waals surface area contributed by atoms with Crippen molar-refractivity contribution in [3.63, 3.8) is 0 Å². The number of hydrogen-bond donors (Lipinski definition) is 1. The van der Waals surface area contributed by atoms with Gasteiger partial charge in [0.2, 0.25) is 0 Å².